The number of hydrogen-bond donors (Lipinski definition) is 0. The Hall–Kier alpha value is -2.48. The minimum Gasteiger partial charge on any atom is -0.327 e. The number of rotatable bonds is 4. The van der Waals surface area contributed by atoms with Crippen LogP contribution in [-0.2, 0) is 0 Å². The molecular formula is C14H14N4O. The average molecular weight is 254 g/mol. The standard InChI is InChI=1S/C14H14N4O/c1-14(2,17-19)13(18-8-7-16-10-18)12-6-4-3-5-11(12)9-15/h3-8,10,13H,1-2H3. The molecule has 1 aromatic carbocycles. The fraction of sp³-hybridized carbons (Fsp3) is 0.286. The second kappa shape index (κ2) is 5.02. The van der Waals surface area contributed by atoms with Gasteiger partial charge in [0, 0.05) is 12.4 Å². The van der Waals surface area contributed by atoms with Crippen molar-refractivity contribution in [3.63, 3.8) is 0 Å². The minimum atomic E-state index is -0.881. The van der Waals surface area contributed by atoms with E-state index in [9.17, 15) is 10.2 Å². The van der Waals surface area contributed by atoms with Crippen LogP contribution in [0.1, 0.15) is 31.0 Å². The molecule has 0 aliphatic carbocycles. The van der Waals surface area contributed by atoms with Crippen LogP contribution < -0.4 is 0 Å². The zero-order valence-corrected chi connectivity index (χ0v) is 10.8. The highest BCUT2D eigenvalue weighted by Crippen LogP contribution is 2.34. The quantitative estimate of drug-likeness (QED) is 0.787. The van der Waals surface area contributed by atoms with Crippen molar-refractivity contribution < 1.29 is 0 Å². The zero-order valence-electron chi connectivity index (χ0n) is 10.8. The maximum absolute atomic E-state index is 11.2. The van der Waals surface area contributed by atoms with Gasteiger partial charge in [0.05, 0.1) is 24.0 Å². The fourth-order valence-electron chi connectivity index (χ4n) is 2.22. The van der Waals surface area contributed by atoms with E-state index in [0.29, 0.717) is 5.56 Å². The van der Waals surface area contributed by atoms with E-state index in [1.165, 1.54) is 0 Å². The van der Waals surface area contributed by atoms with E-state index in [1.807, 2.05) is 12.1 Å². The Labute approximate surface area is 111 Å². The number of nitriles is 1. The molecule has 19 heavy (non-hydrogen) atoms. The molecule has 0 N–H and O–H groups in total. The molecule has 0 aliphatic heterocycles. The Kier molecular flexibility index (Phi) is 3.43. The molecule has 0 amide bonds. The summed E-state index contributed by atoms with van der Waals surface area (Å²) in [6.45, 7) is 3.50. The van der Waals surface area contributed by atoms with Crippen LogP contribution in [0.2, 0.25) is 0 Å². The molecule has 0 radical (unpaired) electrons. The number of aromatic nitrogens is 2. The highest BCUT2D eigenvalue weighted by atomic mass is 16.3. The molecule has 2 aromatic rings. The summed E-state index contributed by atoms with van der Waals surface area (Å²) in [5, 5.41) is 12.4. The van der Waals surface area contributed by atoms with Crippen LogP contribution in [0.5, 0.6) is 0 Å². The first-order valence-corrected chi connectivity index (χ1v) is 5.91. The molecule has 0 bridgehead atoms. The predicted octanol–water partition coefficient (Wildman–Crippen LogP) is 2.89. The highest BCUT2D eigenvalue weighted by molar-refractivity contribution is 5.41. The van der Waals surface area contributed by atoms with Gasteiger partial charge >= 0.3 is 0 Å². The van der Waals surface area contributed by atoms with Gasteiger partial charge in [0.15, 0.2) is 0 Å². The van der Waals surface area contributed by atoms with E-state index in [1.54, 1.807) is 49.3 Å². The van der Waals surface area contributed by atoms with E-state index < -0.39 is 5.54 Å². The second-order valence-electron chi connectivity index (χ2n) is 4.86. The summed E-state index contributed by atoms with van der Waals surface area (Å²) < 4.78 is 1.80. The average Bonchev–Trinajstić information content (AvgIpc) is 2.93. The van der Waals surface area contributed by atoms with Crippen molar-refractivity contribution in [3.8, 4) is 6.07 Å². The van der Waals surface area contributed by atoms with E-state index in [4.69, 9.17) is 0 Å². The van der Waals surface area contributed by atoms with Gasteiger partial charge in [-0.3, -0.25) is 0 Å². The van der Waals surface area contributed by atoms with Crippen LogP contribution in [0.25, 0.3) is 0 Å². The lowest BCUT2D eigenvalue weighted by atomic mass is 9.87. The number of nitroso groups, excluding NO2 is 1. The van der Waals surface area contributed by atoms with Crippen molar-refractivity contribution in [1.82, 2.24) is 9.55 Å². The first-order valence-electron chi connectivity index (χ1n) is 5.91. The fourth-order valence-corrected chi connectivity index (χ4v) is 2.22. The normalized spacial score (nSPS) is 12.7. The third kappa shape index (κ3) is 2.38. The van der Waals surface area contributed by atoms with Gasteiger partial charge < -0.3 is 4.57 Å². The van der Waals surface area contributed by atoms with Crippen molar-refractivity contribution in [2.45, 2.75) is 25.4 Å². The first kappa shape index (κ1) is 13.0. The van der Waals surface area contributed by atoms with Gasteiger partial charge in [0.2, 0.25) is 0 Å². The minimum absolute atomic E-state index is 0.358. The molecule has 5 heteroatoms. The summed E-state index contributed by atoms with van der Waals surface area (Å²) in [4.78, 5) is 15.2. The molecule has 96 valence electrons. The second-order valence-corrected chi connectivity index (χ2v) is 4.86. The molecular weight excluding hydrogens is 240 g/mol. The number of benzene rings is 1. The summed E-state index contributed by atoms with van der Waals surface area (Å²) in [6.07, 6.45) is 5.04. The molecule has 2 rings (SSSR count). The number of imidazole rings is 1. The van der Waals surface area contributed by atoms with E-state index in [0.717, 1.165) is 5.56 Å². The van der Waals surface area contributed by atoms with Gasteiger partial charge in [0.1, 0.15) is 5.54 Å². The van der Waals surface area contributed by atoms with Crippen LogP contribution in [0.3, 0.4) is 0 Å². The van der Waals surface area contributed by atoms with Crippen LogP contribution in [0.15, 0.2) is 48.2 Å². The lowest BCUT2D eigenvalue weighted by molar-refractivity contribution is 0.365. The summed E-state index contributed by atoms with van der Waals surface area (Å²) in [5.41, 5.74) is 0.429. The molecule has 0 saturated carbocycles. The third-order valence-electron chi connectivity index (χ3n) is 3.10. The van der Waals surface area contributed by atoms with Crippen molar-refractivity contribution in [2.24, 2.45) is 5.18 Å². The molecule has 1 aromatic heterocycles. The zero-order chi connectivity index (χ0) is 13.9. The maximum Gasteiger partial charge on any atom is 0.122 e. The summed E-state index contributed by atoms with van der Waals surface area (Å²) in [6, 6.07) is 9.03. The third-order valence-corrected chi connectivity index (χ3v) is 3.10. The summed E-state index contributed by atoms with van der Waals surface area (Å²) >= 11 is 0. The Morgan fingerprint density at radius 1 is 1.42 bits per heavy atom. The van der Waals surface area contributed by atoms with Crippen LogP contribution in [0.4, 0.5) is 0 Å². The van der Waals surface area contributed by atoms with Crippen LogP contribution >= 0.6 is 0 Å². The lowest BCUT2D eigenvalue weighted by Crippen LogP contribution is -2.32. The molecule has 0 aliphatic rings. The van der Waals surface area contributed by atoms with Gasteiger partial charge in [-0.2, -0.15) is 10.2 Å². The smallest absolute Gasteiger partial charge is 0.122 e. The Morgan fingerprint density at radius 3 is 2.74 bits per heavy atom. The largest absolute Gasteiger partial charge is 0.327 e. The molecule has 1 heterocycles. The Morgan fingerprint density at radius 2 is 2.16 bits per heavy atom. The van der Waals surface area contributed by atoms with Gasteiger partial charge in [-0.15, -0.1) is 0 Å². The summed E-state index contributed by atoms with van der Waals surface area (Å²) in [7, 11) is 0. The van der Waals surface area contributed by atoms with Gasteiger partial charge in [-0.1, -0.05) is 23.4 Å². The summed E-state index contributed by atoms with van der Waals surface area (Å²) in [5.74, 6) is 0. The highest BCUT2D eigenvalue weighted by Gasteiger charge is 2.35. The van der Waals surface area contributed by atoms with Gasteiger partial charge in [0.25, 0.3) is 0 Å². The first-order chi connectivity index (χ1) is 9.10. The molecule has 0 fully saturated rings. The SMILES string of the molecule is CC(C)(N=O)C(c1ccccc1C#N)n1ccnc1. The van der Waals surface area contributed by atoms with E-state index in [-0.39, 0.29) is 6.04 Å². The maximum atomic E-state index is 11.2. The van der Waals surface area contributed by atoms with Crippen molar-refractivity contribution in [2.75, 3.05) is 0 Å². The number of hydrogen-bond acceptors (Lipinski definition) is 4. The topological polar surface area (TPSA) is 71.0 Å². The Bertz CT molecular complexity index is 611. The van der Waals surface area contributed by atoms with Crippen molar-refractivity contribution in [3.05, 3.63) is 59.0 Å². The van der Waals surface area contributed by atoms with Crippen molar-refractivity contribution in [1.29, 1.82) is 5.26 Å². The molecule has 0 spiro atoms. The van der Waals surface area contributed by atoms with Gasteiger partial charge in [-0.05, 0) is 25.5 Å². The number of nitrogens with zero attached hydrogens (tertiary/aromatic N) is 4. The van der Waals surface area contributed by atoms with E-state index in [2.05, 4.69) is 16.2 Å². The monoisotopic (exact) mass is 254 g/mol. The molecule has 1 unspecified atom stereocenters. The van der Waals surface area contributed by atoms with Crippen LogP contribution in [-0.4, -0.2) is 15.1 Å². The Balaban J connectivity index is 2.63. The molecule has 5 nitrogen and oxygen atoms in total. The predicted molar refractivity (Wildman–Crippen MR) is 71.4 cm³/mol. The van der Waals surface area contributed by atoms with E-state index >= 15 is 0 Å². The van der Waals surface area contributed by atoms with Crippen molar-refractivity contribution >= 4 is 0 Å². The van der Waals surface area contributed by atoms with Gasteiger partial charge in [-0.25, -0.2) is 4.98 Å². The lowest BCUT2D eigenvalue weighted by Gasteiger charge is -2.29. The molecule has 1 atom stereocenters. The van der Waals surface area contributed by atoms with Crippen LogP contribution in [0, 0.1) is 16.2 Å². The molecule has 0 saturated heterocycles.